The average molecular weight is 412 g/mol. The van der Waals surface area contributed by atoms with E-state index < -0.39 is 0 Å². The lowest BCUT2D eigenvalue weighted by Crippen LogP contribution is -2.29. The fourth-order valence-corrected chi connectivity index (χ4v) is 5.64. The van der Waals surface area contributed by atoms with Gasteiger partial charge < -0.3 is 4.90 Å². The molecule has 1 aromatic carbocycles. The predicted octanol–water partition coefficient (Wildman–Crippen LogP) is 3.69. The lowest BCUT2D eigenvalue weighted by atomic mass is 10.0. The van der Waals surface area contributed by atoms with E-state index in [2.05, 4.69) is 51.2 Å². The van der Waals surface area contributed by atoms with Gasteiger partial charge in [-0.1, -0.05) is 12.1 Å². The van der Waals surface area contributed by atoms with Gasteiger partial charge in [0.05, 0.1) is 11.7 Å². The van der Waals surface area contributed by atoms with Crippen molar-refractivity contribution in [3.05, 3.63) is 70.7 Å². The van der Waals surface area contributed by atoms with Crippen molar-refractivity contribution < 1.29 is 0 Å². The number of nitrogens with zero attached hydrogens (tertiary/aromatic N) is 6. The highest BCUT2D eigenvalue weighted by Crippen LogP contribution is 2.42. The van der Waals surface area contributed by atoms with Crippen LogP contribution in [0.3, 0.4) is 0 Å². The summed E-state index contributed by atoms with van der Waals surface area (Å²) >= 11 is 0. The minimum atomic E-state index is -0.260. The molecule has 0 atom stereocenters. The maximum atomic E-state index is 13.3. The molecule has 156 valence electrons. The van der Waals surface area contributed by atoms with Crippen molar-refractivity contribution in [1.29, 1.82) is 0 Å². The molecule has 2 bridgehead atoms. The van der Waals surface area contributed by atoms with Crippen LogP contribution in [0.25, 0.3) is 22.6 Å². The molecule has 0 N–H and O–H groups in total. The van der Waals surface area contributed by atoms with Gasteiger partial charge in [0.1, 0.15) is 0 Å². The molecule has 6 rings (SSSR count). The SMILES string of the molecule is Cc1c(-c2cccc(N3C4CCC3CC4)c2)c(C)n2c(=O)n(-c3ncccn3)ncc12. The van der Waals surface area contributed by atoms with Crippen LogP contribution in [0.15, 0.2) is 53.7 Å². The molecule has 0 aliphatic carbocycles. The first-order chi connectivity index (χ1) is 15.1. The number of benzene rings is 1. The van der Waals surface area contributed by atoms with Gasteiger partial charge >= 0.3 is 5.69 Å². The Labute approximate surface area is 180 Å². The number of aryl methyl sites for hydroxylation is 2. The minimum absolute atomic E-state index is 0.260. The smallest absolute Gasteiger partial charge is 0.356 e. The van der Waals surface area contributed by atoms with Crippen LogP contribution in [0.2, 0.25) is 0 Å². The van der Waals surface area contributed by atoms with Gasteiger partial charge in [0, 0.05) is 41.4 Å². The molecule has 7 nitrogen and oxygen atoms in total. The summed E-state index contributed by atoms with van der Waals surface area (Å²) in [7, 11) is 0. The Hall–Kier alpha value is -3.48. The first-order valence-corrected chi connectivity index (χ1v) is 10.9. The highest BCUT2D eigenvalue weighted by atomic mass is 16.2. The topological polar surface area (TPSA) is 68.3 Å². The Kier molecular flexibility index (Phi) is 4.00. The molecule has 4 aromatic rings. The molecule has 2 aliphatic rings. The van der Waals surface area contributed by atoms with E-state index in [4.69, 9.17) is 0 Å². The van der Waals surface area contributed by atoms with Gasteiger partial charge in [-0.15, -0.1) is 4.68 Å². The molecule has 2 aliphatic heterocycles. The Bertz CT molecular complexity index is 1340. The lowest BCUT2D eigenvalue weighted by molar-refractivity contribution is 0.576. The van der Waals surface area contributed by atoms with Crippen molar-refractivity contribution in [2.45, 2.75) is 51.6 Å². The standard InChI is InChI=1S/C24H24N6O/c1-15-21-14-27-30(23-25-11-4-12-26-23)24(31)28(21)16(2)22(15)17-5-3-6-20(13-17)29-18-7-8-19(29)10-9-18/h3-6,11-14,18-19H,7-10H2,1-2H3. The normalized spacial score (nSPS) is 20.1. The van der Waals surface area contributed by atoms with Crippen LogP contribution in [-0.4, -0.2) is 36.2 Å². The number of fused-ring (bicyclic) bond motifs is 3. The minimum Gasteiger partial charge on any atom is -0.366 e. The molecule has 5 heterocycles. The number of hydrogen-bond acceptors (Lipinski definition) is 5. The predicted molar refractivity (Wildman–Crippen MR) is 120 cm³/mol. The molecule has 31 heavy (non-hydrogen) atoms. The van der Waals surface area contributed by atoms with Gasteiger partial charge in [0.25, 0.3) is 5.95 Å². The molecule has 0 amide bonds. The monoisotopic (exact) mass is 412 g/mol. The van der Waals surface area contributed by atoms with E-state index >= 15 is 0 Å². The van der Waals surface area contributed by atoms with Crippen LogP contribution >= 0.6 is 0 Å². The van der Waals surface area contributed by atoms with Crippen LogP contribution in [0.4, 0.5) is 5.69 Å². The molecule has 3 aromatic heterocycles. The summed E-state index contributed by atoms with van der Waals surface area (Å²) in [5.41, 5.74) is 6.06. The highest BCUT2D eigenvalue weighted by molar-refractivity contribution is 5.80. The second kappa shape index (κ2) is 6.77. The van der Waals surface area contributed by atoms with Gasteiger partial charge in [0.2, 0.25) is 0 Å². The molecule has 0 radical (unpaired) electrons. The zero-order valence-electron chi connectivity index (χ0n) is 17.7. The third-order valence-electron chi connectivity index (χ3n) is 6.99. The Morgan fingerprint density at radius 3 is 2.39 bits per heavy atom. The summed E-state index contributed by atoms with van der Waals surface area (Å²) in [6.07, 6.45) is 10.2. The van der Waals surface area contributed by atoms with E-state index in [1.807, 2.05) is 6.92 Å². The molecular formula is C24H24N6O. The first-order valence-electron chi connectivity index (χ1n) is 10.9. The van der Waals surface area contributed by atoms with Gasteiger partial charge in [-0.25, -0.2) is 14.8 Å². The summed E-state index contributed by atoms with van der Waals surface area (Å²) in [4.78, 5) is 24.3. The second-order valence-electron chi connectivity index (χ2n) is 8.61. The molecule has 2 saturated heterocycles. The molecular weight excluding hydrogens is 388 g/mol. The van der Waals surface area contributed by atoms with Crippen molar-refractivity contribution >= 4 is 11.2 Å². The van der Waals surface area contributed by atoms with Crippen LogP contribution < -0.4 is 10.6 Å². The summed E-state index contributed by atoms with van der Waals surface area (Å²) in [6.45, 7) is 4.06. The number of anilines is 1. The summed E-state index contributed by atoms with van der Waals surface area (Å²) < 4.78 is 2.97. The lowest BCUT2D eigenvalue weighted by Gasteiger charge is -2.25. The Morgan fingerprint density at radius 2 is 1.68 bits per heavy atom. The first kappa shape index (κ1) is 18.3. The maximum absolute atomic E-state index is 13.3. The van der Waals surface area contributed by atoms with E-state index in [0.29, 0.717) is 12.1 Å². The van der Waals surface area contributed by atoms with E-state index in [-0.39, 0.29) is 11.6 Å². The zero-order chi connectivity index (χ0) is 21.1. The van der Waals surface area contributed by atoms with Crippen LogP contribution in [0, 0.1) is 13.8 Å². The molecule has 0 saturated carbocycles. The molecule has 7 heteroatoms. The number of hydrogen-bond donors (Lipinski definition) is 0. The third-order valence-corrected chi connectivity index (χ3v) is 6.99. The average Bonchev–Trinajstić information content (AvgIpc) is 3.47. The quantitative estimate of drug-likeness (QED) is 0.513. The Morgan fingerprint density at radius 1 is 0.968 bits per heavy atom. The van der Waals surface area contributed by atoms with E-state index in [1.54, 1.807) is 29.1 Å². The van der Waals surface area contributed by atoms with E-state index in [0.717, 1.165) is 27.9 Å². The van der Waals surface area contributed by atoms with Crippen LogP contribution in [0.5, 0.6) is 0 Å². The maximum Gasteiger partial charge on any atom is 0.356 e. The fourth-order valence-electron chi connectivity index (χ4n) is 5.64. The third kappa shape index (κ3) is 2.65. The van der Waals surface area contributed by atoms with Gasteiger partial charge in [-0.3, -0.25) is 4.40 Å². The van der Waals surface area contributed by atoms with Crippen molar-refractivity contribution in [3.63, 3.8) is 0 Å². The highest BCUT2D eigenvalue weighted by Gasteiger charge is 2.39. The van der Waals surface area contributed by atoms with Crippen molar-refractivity contribution in [2.75, 3.05) is 4.90 Å². The fraction of sp³-hybridized carbons (Fsp3) is 0.333. The zero-order valence-corrected chi connectivity index (χ0v) is 17.7. The summed E-state index contributed by atoms with van der Waals surface area (Å²) in [6, 6.07) is 11.9. The van der Waals surface area contributed by atoms with E-state index in [1.165, 1.54) is 36.1 Å². The van der Waals surface area contributed by atoms with Gasteiger partial charge in [-0.05, 0) is 68.9 Å². The summed E-state index contributed by atoms with van der Waals surface area (Å²) in [5, 5.41) is 4.34. The Balaban J connectivity index is 1.51. The largest absolute Gasteiger partial charge is 0.366 e. The van der Waals surface area contributed by atoms with Crippen molar-refractivity contribution in [2.24, 2.45) is 0 Å². The molecule has 2 fully saturated rings. The van der Waals surface area contributed by atoms with Crippen LogP contribution in [0.1, 0.15) is 36.9 Å². The molecule has 0 unspecified atom stereocenters. The number of aromatic nitrogens is 5. The van der Waals surface area contributed by atoms with Crippen molar-refractivity contribution in [1.82, 2.24) is 24.1 Å². The van der Waals surface area contributed by atoms with E-state index in [9.17, 15) is 4.79 Å². The summed E-state index contributed by atoms with van der Waals surface area (Å²) in [5.74, 6) is 0.271. The van der Waals surface area contributed by atoms with Gasteiger partial charge in [-0.2, -0.15) is 5.10 Å². The number of rotatable bonds is 3. The van der Waals surface area contributed by atoms with Crippen LogP contribution in [-0.2, 0) is 0 Å². The van der Waals surface area contributed by atoms with Gasteiger partial charge in [0.15, 0.2) is 0 Å². The van der Waals surface area contributed by atoms with Crippen molar-refractivity contribution in [3.8, 4) is 17.1 Å². The molecule has 0 spiro atoms. The second-order valence-corrected chi connectivity index (χ2v) is 8.61.